The van der Waals surface area contributed by atoms with E-state index in [4.69, 9.17) is 9.47 Å². The molecule has 12 heteroatoms. The van der Waals surface area contributed by atoms with Gasteiger partial charge in [0, 0.05) is 62.5 Å². The van der Waals surface area contributed by atoms with E-state index in [1.165, 1.54) is 30.1 Å². The Morgan fingerprint density at radius 2 is 1.93 bits per heavy atom. The van der Waals surface area contributed by atoms with Crippen molar-refractivity contribution in [3.63, 3.8) is 0 Å². The normalized spacial score (nSPS) is 17.4. The molecule has 4 heterocycles. The van der Waals surface area contributed by atoms with Crippen LogP contribution in [-0.2, 0) is 13.1 Å². The van der Waals surface area contributed by atoms with E-state index in [1.807, 2.05) is 33.0 Å². The molecule has 45 heavy (non-hydrogen) atoms. The van der Waals surface area contributed by atoms with Gasteiger partial charge in [0.05, 0.1) is 11.3 Å². The zero-order valence-corrected chi connectivity index (χ0v) is 26.9. The van der Waals surface area contributed by atoms with Crippen LogP contribution in [0.3, 0.4) is 0 Å². The Morgan fingerprint density at radius 1 is 1.13 bits per heavy atom. The van der Waals surface area contributed by atoms with Crippen molar-refractivity contribution in [1.82, 2.24) is 34.9 Å². The fourth-order valence-electron chi connectivity index (χ4n) is 6.83. The number of aromatic nitrogens is 4. The Hall–Kier alpha value is -3.90. The summed E-state index contributed by atoms with van der Waals surface area (Å²) in [7, 11) is 4.22. The first kappa shape index (κ1) is 31.1. The predicted molar refractivity (Wildman–Crippen MR) is 168 cm³/mol. The highest BCUT2D eigenvalue weighted by Gasteiger charge is 2.54. The van der Waals surface area contributed by atoms with Gasteiger partial charge in [0.1, 0.15) is 29.7 Å². The SMILES string of the molecule is CCN(C(=O)c1cc(F)ccc1Oc1nncnc1N1CC2(CC(Oc3ccnc4c3CN(CCCN(C)C)C4)C2)C1)C(C)C. The minimum absolute atomic E-state index is 0.0489. The van der Waals surface area contributed by atoms with Crippen LogP contribution in [0.15, 0.2) is 36.8 Å². The number of rotatable bonds is 12. The highest BCUT2D eigenvalue weighted by atomic mass is 19.1. The number of anilines is 1. The third-order valence-corrected chi connectivity index (χ3v) is 9.08. The van der Waals surface area contributed by atoms with Crippen LogP contribution in [0, 0.1) is 11.2 Å². The Bertz CT molecular complexity index is 1520. The molecule has 3 aromatic rings. The molecule has 3 aliphatic rings. The molecule has 6 rings (SSSR count). The lowest BCUT2D eigenvalue weighted by Gasteiger charge is -2.58. The van der Waals surface area contributed by atoms with Crippen molar-refractivity contribution in [3.05, 3.63) is 59.4 Å². The van der Waals surface area contributed by atoms with Crippen LogP contribution < -0.4 is 14.4 Å². The van der Waals surface area contributed by atoms with E-state index >= 15 is 0 Å². The fraction of sp³-hybridized carbons (Fsp3) is 0.545. The summed E-state index contributed by atoms with van der Waals surface area (Å²) in [4.78, 5) is 30.9. The molecule has 1 spiro atoms. The summed E-state index contributed by atoms with van der Waals surface area (Å²) in [6.07, 6.45) is 6.47. The van der Waals surface area contributed by atoms with E-state index in [0.717, 1.165) is 70.0 Å². The van der Waals surface area contributed by atoms with Crippen LogP contribution in [-0.4, -0.2) is 99.7 Å². The molecule has 1 amide bonds. The van der Waals surface area contributed by atoms with E-state index in [1.54, 1.807) is 4.90 Å². The molecule has 2 aromatic heterocycles. The number of amides is 1. The number of hydrogen-bond acceptors (Lipinski definition) is 10. The summed E-state index contributed by atoms with van der Waals surface area (Å²) in [5.74, 6) is 1.11. The first-order valence-electron chi connectivity index (χ1n) is 15.9. The van der Waals surface area contributed by atoms with Gasteiger partial charge in [-0.3, -0.25) is 14.7 Å². The summed E-state index contributed by atoms with van der Waals surface area (Å²) in [5, 5.41) is 8.12. The Kier molecular flexibility index (Phi) is 8.87. The lowest BCUT2D eigenvalue weighted by Crippen LogP contribution is -2.65. The number of benzene rings is 1. The van der Waals surface area contributed by atoms with Gasteiger partial charge in [-0.25, -0.2) is 9.37 Å². The van der Waals surface area contributed by atoms with Crippen LogP contribution in [0.1, 0.15) is 61.6 Å². The predicted octanol–water partition coefficient (Wildman–Crippen LogP) is 4.38. The monoisotopic (exact) mass is 618 g/mol. The third-order valence-electron chi connectivity index (χ3n) is 9.08. The van der Waals surface area contributed by atoms with Gasteiger partial charge in [-0.15, -0.1) is 10.2 Å². The van der Waals surface area contributed by atoms with Gasteiger partial charge in [-0.1, -0.05) is 0 Å². The molecule has 2 fully saturated rings. The van der Waals surface area contributed by atoms with Crippen LogP contribution in [0.2, 0.25) is 0 Å². The summed E-state index contributed by atoms with van der Waals surface area (Å²) < 4.78 is 26.9. The first-order chi connectivity index (χ1) is 21.6. The van der Waals surface area contributed by atoms with Crippen LogP contribution in [0.25, 0.3) is 0 Å². The van der Waals surface area contributed by atoms with E-state index in [9.17, 15) is 9.18 Å². The summed E-state index contributed by atoms with van der Waals surface area (Å²) >= 11 is 0. The number of nitrogens with zero attached hydrogens (tertiary/aromatic N) is 8. The smallest absolute Gasteiger partial charge is 0.282 e. The number of pyridine rings is 1. The van der Waals surface area contributed by atoms with Crippen LogP contribution in [0.5, 0.6) is 17.4 Å². The maximum Gasteiger partial charge on any atom is 0.282 e. The highest BCUT2D eigenvalue weighted by Crippen LogP contribution is 2.52. The summed E-state index contributed by atoms with van der Waals surface area (Å²) in [6.45, 7) is 11.7. The zero-order valence-electron chi connectivity index (χ0n) is 26.9. The molecule has 0 unspecified atom stereocenters. The molecule has 1 saturated heterocycles. The maximum absolute atomic E-state index is 14.2. The Labute approximate surface area is 264 Å². The van der Waals surface area contributed by atoms with Gasteiger partial charge in [0.2, 0.25) is 0 Å². The second-order valence-corrected chi connectivity index (χ2v) is 13.1. The maximum atomic E-state index is 14.2. The number of carbonyl (C=O) groups is 1. The average Bonchev–Trinajstić information content (AvgIpc) is 3.38. The van der Waals surface area contributed by atoms with E-state index in [2.05, 4.69) is 49.0 Å². The quantitative estimate of drug-likeness (QED) is 0.291. The molecule has 0 N–H and O–H groups in total. The number of hydrogen-bond donors (Lipinski definition) is 0. The zero-order chi connectivity index (χ0) is 31.7. The van der Waals surface area contributed by atoms with Crippen molar-refractivity contribution in [2.24, 2.45) is 5.41 Å². The molecule has 0 radical (unpaired) electrons. The van der Waals surface area contributed by atoms with Gasteiger partial charge in [0.15, 0.2) is 5.82 Å². The second kappa shape index (κ2) is 12.8. The average molecular weight is 619 g/mol. The minimum atomic E-state index is -0.511. The van der Waals surface area contributed by atoms with E-state index in [0.29, 0.717) is 12.4 Å². The van der Waals surface area contributed by atoms with Crippen molar-refractivity contribution in [2.45, 2.75) is 65.3 Å². The van der Waals surface area contributed by atoms with Gasteiger partial charge < -0.3 is 24.2 Å². The fourth-order valence-corrected chi connectivity index (χ4v) is 6.83. The molecule has 11 nitrogen and oxygen atoms in total. The standard InChI is InChI=1S/C33H43FN8O3/c1-6-42(22(2)3)32(43)25-14-23(34)8-9-28(25)45-31-30(36-21-37-38-31)41-19-33(20-41)15-24(16-33)44-29-10-11-35-27-18-40(17-26(27)29)13-7-12-39(4)5/h8-11,14,21-22,24H,6-7,12-13,15-20H2,1-5H3. The second-order valence-electron chi connectivity index (χ2n) is 13.1. The van der Waals surface area contributed by atoms with Gasteiger partial charge >= 0.3 is 0 Å². The highest BCUT2D eigenvalue weighted by molar-refractivity contribution is 5.97. The van der Waals surface area contributed by atoms with E-state index < -0.39 is 5.82 Å². The molecule has 2 aliphatic heterocycles. The Balaban J connectivity index is 1.07. The lowest BCUT2D eigenvalue weighted by molar-refractivity contribution is -0.0350. The molecule has 1 saturated carbocycles. The van der Waals surface area contributed by atoms with Crippen LogP contribution in [0.4, 0.5) is 10.2 Å². The number of ether oxygens (including phenoxy) is 2. The summed E-state index contributed by atoms with van der Waals surface area (Å²) in [6, 6.07) is 5.90. The molecule has 0 atom stereocenters. The topological polar surface area (TPSA) is 100 Å². The molecular weight excluding hydrogens is 575 g/mol. The molecule has 0 bridgehead atoms. The summed E-state index contributed by atoms with van der Waals surface area (Å²) in [5.41, 5.74) is 2.64. The van der Waals surface area contributed by atoms with E-state index in [-0.39, 0.29) is 40.7 Å². The van der Waals surface area contributed by atoms with Crippen molar-refractivity contribution in [3.8, 4) is 17.4 Å². The van der Waals surface area contributed by atoms with Gasteiger partial charge in [0.25, 0.3) is 11.8 Å². The minimum Gasteiger partial charge on any atom is -0.490 e. The van der Waals surface area contributed by atoms with Gasteiger partial charge in [-0.05, 0) is 84.9 Å². The molecule has 240 valence electrons. The lowest BCUT2D eigenvalue weighted by atomic mass is 9.61. The number of halogens is 1. The van der Waals surface area contributed by atoms with Crippen molar-refractivity contribution >= 4 is 11.7 Å². The molecular formula is C33H43FN8O3. The third kappa shape index (κ3) is 6.57. The van der Waals surface area contributed by atoms with Crippen molar-refractivity contribution in [2.75, 3.05) is 51.7 Å². The largest absolute Gasteiger partial charge is 0.490 e. The number of carbonyl (C=O) groups excluding carboxylic acids is 1. The molecule has 1 aliphatic carbocycles. The molecule has 1 aromatic carbocycles. The van der Waals surface area contributed by atoms with Crippen LogP contribution >= 0.6 is 0 Å². The van der Waals surface area contributed by atoms with Crippen molar-refractivity contribution < 1.29 is 18.7 Å². The first-order valence-corrected chi connectivity index (χ1v) is 15.9. The van der Waals surface area contributed by atoms with Gasteiger partial charge in [-0.2, -0.15) is 0 Å². The number of fused-ring (bicyclic) bond motifs is 1. The van der Waals surface area contributed by atoms with Crippen molar-refractivity contribution in [1.29, 1.82) is 0 Å². The Morgan fingerprint density at radius 3 is 2.67 bits per heavy atom.